The Morgan fingerprint density at radius 1 is 0.941 bits per heavy atom. The molecule has 2 heterocycles. The molecule has 0 nitrogen and oxygen atoms in total. The van der Waals surface area contributed by atoms with Gasteiger partial charge in [0.1, 0.15) is 0 Å². The first-order valence-electron chi connectivity index (χ1n) is 7.21. The van der Waals surface area contributed by atoms with Gasteiger partial charge in [-0.1, -0.05) is 60.8 Å². The second-order valence-corrected chi connectivity index (χ2v) is 10.7. The van der Waals surface area contributed by atoms with Gasteiger partial charge in [-0.15, -0.1) is 0 Å². The third-order valence-electron chi connectivity index (χ3n) is 5.31. The van der Waals surface area contributed by atoms with Crippen LogP contribution in [0.4, 0.5) is 0 Å². The van der Waals surface area contributed by atoms with Crippen molar-refractivity contribution in [3.63, 3.8) is 0 Å². The highest BCUT2D eigenvalue weighted by Gasteiger charge is 2.42. The maximum atomic E-state index is 2.53. The van der Waals surface area contributed by atoms with Crippen molar-refractivity contribution in [2.45, 2.75) is 50.2 Å². The van der Waals surface area contributed by atoms with Crippen molar-refractivity contribution in [1.29, 1.82) is 0 Å². The molecule has 0 amide bonds. The molecule has 1 heteroatoms. The fourth-order valence-electron chi connectivity index (χ4n) is 4.42. The molecule has 1 aromatic rings. The zero-order valence-corrected chi connectivity index (χ0v) is 11.5. The van der Waals surface area contributed by atoms with Crippen molar-refractivity contribution in [2.24, 2.45) is 0 Å². The fraction of sp³-hybridized carbons (Fsp3) is 0.500. The van der Waals surface area contributed by atoms with Gasteiger partial charge in [-0.05, 0) is 35.6 Å². The standard InChI is InChI=1S/C16H20Si/c1-2-10-17(11-3-1)12-9-15-14-6-4-5-13(14)7-8-16(15)17/h4,6-8H,1-3,5,9-12H2. The summed E-state index contributed by atoms with van der Waals surface area (Å²) in [5.74, 6) is 0. The Hall–Kier alpha value is -0.823. The molecule has 88 valence electrons. The van der Waals surface area contributed by atoms with Gasteiger partial charge in [0.05, 0.1) is 8.07 Å². The zero-order valence-electron chi connectivity index (χ0n) is 10.5. The molecule has 1 aromatic carbocycles. The van der Waals surface area contributed by atoms with E-state index in [-0.39, 0.29) is 0 Å². The van der Waals surface area contributed by atoms with Crippen molar-refractivity contribution < 1.29 is 0 Å². The van der Waals surface area contributed by atoms with Crippen molar-refractivity contribution in [1.82, 2.24) is 0 Å². The number of fused-ring (bicyclic) bond motifs is 4. The van der Waals surface area contributed by atoms with Crippen LogP contribution in [0, 0.1) is 0 Å². The molecule has 1 fully saturated rings. The third-order valence-corrected chi connectivity index (χ3v) is 10.7. The molecule has 2 aliphatic heterocycles. The van der Waals surface area contributed by atoms with E-state index in [9.17, 15) is 0 Å². The zero-order chi connectivity index (χ0) is 11.3. The van der Waals surface area contributed by atoms with Crippen LogP contribution in [-0.2, 0) is 12.8 Å². The van der Waals surface area contributed by atoms with Crippen LogP contribution in [-0.4, -0.2) is 8.07 Å². The Labute approximate surface area is 105 Å². The molecule has 17 heavy (non-hydrogen) atoms. The van der Waals surface area contributed by atoms with Crippen LogP contribution in [0.1, 0.15) is 36.0 Å². The van der Waals surface area contributed by atoms with E-state index in [0.29, 0.717) is 0 Å². The van der Waals surface area contributed by atoms with Gasteiger partial charge in [0.15, 0.2) is 0 Å². The van der Waals surface area contributed by atoms with E-state index in [1.165, 1.54) is 32.1 Å². The summed E-state index contributed by atoms with van der Waals surface area (Å²) >= 11 is 0. The van der Waals surface area contributed by atoms with Gasteiger partial charge in [-0.25, -0.2) is 0 Å². The third kappa shape index (κ3) is 1.35. The molecule has 0 unspecified atom stereocenters. The average molecular weight is 240 g/mol. The van der Waals surface area contributed by atoms with Crippen LogP contribution in [0.15, 0.2) is 18.2 Å². The number of hydrogen-bond acceptors (Lipinski definition) is 0. The van der Waals surface area contributed by atoms with Crippen LogP contribution in [0.5, 0.6) is 0 Å². The van der Waals surface area contributed by atoms with E-state index in [2.05, 4.69) is 24.3 Å². The lowest BCUT2D eigenvalue weighted by molar-refractivity contribution is 0.712. The molecule has 1 spiro atoms. The maximum Gasteiger partial charge on any atom is 0.0874 e. The van der Waals surface area contributed by atoms with Gasteiger partial charge in [0, 0.05) is 0 Å². The van der Waals surface area contributed by atoms with E-state index in [0.717, 1.165) is 0 Å². The van der Waals surface area contributed by atoms with Crippen molar-refractivity contribution in [2.75, 3.05) is 0 Å². The number of rotatable bonds is 0. The lowest BCUT2D eigenvalue weighted by Crippen LogP contribution is -2.46. The second kappa shape index (κ2) is 3.58. The molecule has 0 bridgehead atoms. The smallest absolute Gasteiger partial charge is 0.0795 e. The first-order chi connectivity index (χ1) is 8.39. The second-order valence-electron chi connectivity index (χ2n) is 6.11. The lowest BCUT2D eigenvalue weighted by Gasteiger charge is -2.32. The molecular formula is C16H20Si. The Kier molecular flexibility index (Phi) is 2.14. The highest BCUT2D eigenvalue weighted by atomic mass is 28.3. The van der Waals surface area contributed by atoms with Crippen LogP contribution in [0.2, 0.25) is 18.1 Å². The monoisotopic (exact) mass is 240 g/mol. The molecule has 0 radical (unpaired) electrons. The summed E-state index contributed by atoms with van der Waals surface area (Å²) in [6.07, 6.45) is 11.8. The van der Waals surface area contributed by atoms with Crippen molar-refractivity contribution >= 4 is 19.3 Å². The quantitative estimate of drug-likeness (QED) is 0.607. The van der Waals surface area contributed by atoms with Crippen LogP contribution in [0.3, 0.4) is 0 Å². The van der Waals surface area contributed by atoms with Gasteiger partial charge in [-0.2, -0.15) is 0 Å². The molecule has 0 atom stereocenters. The van der Waals surface area contributed by atoms with Gasteiger partial charge in [-0.3, -0.25) is 0 Å². The highest BCUT2D eigenvalue weighted by molar-refractivity contribution is 6.93. The van der Waals surface area contributed by atoms with Crippen LogP contribution >= 0.6 is 0 Å². The van der Waals surface area contributed by atoms with Gasteiger partial charge >= 0.3 is 0 Å². The van der Waals surface area contributed by atoms with E-state index in [1.807, 2.05) is 5.19 Å². The molecule has 0 aromatic heterocycles. The van der Waals surface area contributed by atoms with Crippen molar-refractivity contribution in [3.8, 4) is 0 Å². The number of hydrogen-bond donors (Lipinski definition) is 0. The Morgan fingerprint density at radius 3 is 2.71 bits per heavy atom. The van der Waals surface area contributed by atoms with Gasteiger partial charge in [0.25, 0.3) is 0 Å². The number of benzene rings is 1. The summed E-state index contributed by atoms with van der Waals surface area (Å²) in [6, 6.07) is 9.70. The van der Waals surface area contributed by atoms with Gasteiger partial charge < -0.3 is 0 Å². The predicted octanol–water partition coefficient (Wildman–Crippen LogP) is 3.65. The Morgan fingerprint density at radius 2 is 1.82 bits per heavy atom. The minimum atomic E-state index is -1.02. The summed E-state index contributed by atoms with van der Waals surface area (Å²) in [6.45, 7) is 0. The van der Waals surface area contributed by atoms with E-state index < -0.39 is 8.07 Å². The largest absolute Gasteiger partial charge is 0.0874 e. The summed E-state index contributed by atoms with van der Waals surface area (Å²) in [5, 5.41) is 1.86. The minimum absolute atomic E-state index is 1.02. The molecule has 0 N–H and O–H groups in total. The highest BCUT2D eigenvalue weighted by Crippen LogP contribution is 2.39. The van der Waals surface area contributed by atoms with Crippen molar-refractivity contribution in [3.05, 3.63) is 34.9 Å². The fourth-order valence-corrected chi connectivity index (χ4v) is 9.89. The number of allylic oxidation sites excluding steroid dienone is 1. The van der Waals surface area contributed by atoms with E-state index >= 15 is 0 Å². The molecule has 1 saturated heterocycles. The lowest BCUT2D eigenvalue weighted by atomic mass is 10.0. The maximum absolute atomic E-state index is 2.53. The summed E-state index contributed by atoms with van der Waals surface area (Å²) in [4.78, 5) is 0. The Bertz CT molecular complexity index is 492. The predicted molar refractivity (Wildman–Crippen MR) is 76.5 cm³/mol. The summed E-state index contributed by atoms with van der Waals surface area (Å²) in [7, 11) is -1.02. The average Bonchev–Trinajstić information content (AvgIpc) is 2.96. The summed E-state index contributed by atoms with van der Waals surface area (Å²) in [5.41, 5.74) is 4.98. The van der Waals surface area contributed by atoms with Crippen LogP contribution < -0.4 is 5.19 Å². The first-order valence-corrected chi connectivity index (χ1v) is 9.83. The molecule has 4 rings (SSSR count). The molecule has 1 aliphatic carbocycles. The van der Waals surface area contributed by atoms with Gasteiger partial charge in [0.2, 0.25) is 0 Å². The van der Waals surface area contributed by atoms with E-state index in [1.54, 1.807) is 34.8 Å². The SMILES string of the molecule is C1=Cc2c(ccc3c2CC[Si]32CCCCC2)C1. The molecular weight excluding hydrogens is 220 g/mol. The molecule has 3 aliphatic rings. The summed E-state index contributed by atoms with van der Waals surface area (Å²) < 4.78 is 0. The topological polar surface area (TPSA) is 0 Å². The van der Waals surface area contributed by atoms with E-state index in [4.69, 9.17) is 0 Å². The minimum Gasteiger partial charge on any atom is -0.0795 e. The first kappa shape index (κ1) is 10.1. The van der Waals surface area contributed by atoms with Crippen LogP contribution in [0.25, 0.3) is 6.08 Å². The Balaban J connectivity index is 1.86. The normalized spacial score (nSPS) is 24.0. The molecule has 0 saturated carbocycles.